The Morgan fingerprint density at radius 1 is 1.09 bits per heavy atom. The zero-order valence-corrected chi connectivity index (χ0v) is 19.2. The van der Waals surface area contributed by atoms with Crippen LogP contribution in [0.15, 0.2) is 66.7 Å². The molecule has 0 heterocycles. The number of carbonyl (C=O) groups excluding carboxylic acids is 2. The standard InChI is InChI=1S/C22H27N3O3.C2HF3O2/c1-16(23)22(27)24-18(13-12-17-8-4-3-5-9-17)14-15-21(26)25-19-10-6-7-11-20(19)28-2;3-2(4,5)1(6)7/h3-11,14-16,18H,12-13,23H2,1-2H3,(H,24,27)(H,25,26);(H,6,7)/b15-14+;/t16-,18-;/m0./s1. The van der Waals surface area contributed by atoms with Crippen LogP contribution in [-0.2, 0) is 20.8 Å². The number of benzene rings is 2. The van der Waals surface area contributed by atoms with E-state index >= 15 is 0 Å². The molecule has 2 atom stereocenters. The summed E-state index contributed by atoms with van der Waals surface area (Å²) >= 11 is 0. The van der Waals surface area contributed by atoms with E-state index in [1.165, 1.54) is 6.08 Å². The van der Waals surface area contributed by atoms with Crippen molar-refractivity contribution < 1.29 is 37.4 Å². The minimum atomic E-state index is -5.08. The fraction of sp³-hybridized carbons (Fsp3) is 0.292. The average Bonchev–Trinajstić information content (AvgIpc) is 2.81. The molecule has 2 rings (SSSR count). The quantitative estimate of drug-likeness (QED) is 0.395. The van der Waals surface area contributed by atoms with Crippen molar-refractivity contribution in [3.63, 3.8) is 0 Å². The molecule has 0 aliphatic heterocycles. The number of aryl methyl sites for hydroxylation is 1. The Morgan fingerprint density at radius 2 is 1.66 bits per heavy atom. The fourth-order valence-electron chi connectivity index (χ4n) is 2.62. The number of carbonyl (C=O) groups is 3. The Balaban J connectivity index is 0.000000762. The average molecular weight is 495 g/mol. The van der Waals surface area contributed by atoms with Gasteiger partial charge in [0.1, 0.15) is 5.75 Å². The molecule has 0 aromatic heterocycles. The highest BCUT2D eigenvalue weighted by molar-refractivity contribution is 6.00. The second kappa shape index (κ2) is 14.4. The van der Waals surface area contributed by atoms with E-state index < -0.39 is 18.2 Å². The zero-order chi connectivity index (χ0) is 26.4. The highest BCUT2D eigenvalue weighted by Crippen LogP contribution is 2.22. The first kappa shape index (κ1) is 29.2. The number of para-hydroxylation sites is 2. The van der Waals surface area contributed by atoms with Crippen molar-refractivity contribution in [2.45, 2.75) is 38.0 Å². The number of nitrogens with one attached hydrogen (secondary N) is 2. The Morgan fingerprint density at radius 3 is 2.20 bits per heavy atom. The van der Waals surface area contributed by atoms with Gasteiger partial charge in [-0.25, -0.2) is 4.79 Å². The van der Waals surface area contributed by atoms with Gasteiger partial charge in [0.15, 0.2) is 0 Å². The van der Waals surface area contributed by atoms with E-state index in [4.69, 9.17) is 20.4 Å². The van der Waals surface area contributed by atoms with Crippen LogP contribution in [0.5, 0.6) is 5.75 Å². The third-order valence-electron chi connectivity index (χ3n) is 4.42. The van der Waals surface area contributed by atoms with Gasteiger partial charge in [0.2, 0.25) is 11.8 Å². The van der Waals surface area contributed by atoms with Gasteiger partial charge in [-0.3, -0.25) is 9.59 Å². The second-order valence-corrected chi connectivity index (χ2v) is 7.28. The summed E-state index contributed by atoms with van der Waals surface area (Å²) in [6.45, 7) is 1.63. The summed E-state index contributed by atoms with van der Waals surface area (Å²) in [5.74, 6) is -2.74. The number of hydrogen-bond acceptors (Lipinski definition) is 5. The summed E-state index contributed by atoms with van der Waals surface area (Å²) in [5, 5.41) is 12.8. The summed E-state index contributed by atoms with van der Waals surface area (Å²) in [5.41, 5.74) is 7.40. The first-order valence-corrected chi connectivity index (χ1v) is 10.5. The fourth-order valence-corrected chi connectivity index (χ4v) is 2.62. The number of amides is 2. The number of ether oxygens (including phenoxy) is 1. The van der Waals surface area contributed by atoms with Crippen molar-refractivity contribution in [3.05, 3.63) is 72.3 Å². The highest BCUT2D eigenvalue weighted by atomic mass is 19.4. The number of nitrogens with two attached hydrogens (primary N) is 1. The molecule has 11 heteroatoms. The molecule has 0 unspecified atom stereocenters. The number of halogens is 3. The number of rotatable bonds is 9. The molecule has 2 amide bonds. The van der Waals surface area contributed by atoms with Gasteiger partial charge in [-0.15, -0.1) is 0 Å². The molecular formula is C24H28F3N3O5. The van der Waals surface area contributed by atoms with Crippen LogP contribution in [0, 0.1) is 0 Å². The SMILES string of the molecule is COc1ccccc1NC(=O)/C=C/[C@H](CCc1ccccc1)NC(=O)[C@H](C)N.O=C(O)C(F)(F)F. The van der Waals surface area contributed by atoms with Gasteiger partial charge in [-0.05, 0) is 37.5 Å². The Kier molecular flexibility index (Phi) is 12.0. The first-order valence-electron chi connectivity index (χ1n) is 10.5. The van der Waals surface area contributed by atoms with E-state index in [0.29, 0.717) is 17.9 Å². The predicted octanol–water partition coefficient (Wildman–Crippen LogP) is 3.29. The highest BCUT2D eigenvalue weighted by Gasteiger charge is 2.38. The molecule has 0 bridgehead atoms. The van der Waals surface area contributed by atoms with Crippen molar-refractivity contribution in [1.82, 2.24) is 5.32 Å². The maximum absolute atomic E-state index is 12.3. The molecule has 0 saturated heterocycles. The number of carboxylic acids is 1. The van der Waals surface area contributed by atoms with Gasteiger partial charge < -0.3 is 26.2 Å². The van der Waals surface area contributed by atoms with Crippen molar-refractivity contribution in [3.8, 4) is 5.75 Å². The zero-order valence-electron chi connectivity index (χ0n) is 19.2. The predicted molar refractivity (Wildman–Crippen MR) is 125 cm³/mol. The molecule has 8 nitrogen and oxygen atoms in total. The van der Waals surface area contributed by atoms with Gasteiger partial charge in [0.05, 0.1) is 18.8 Å². The van der Waals surface area contributed by atoms with Crippen molar-refractivity contribution in [2.75, 3.05) is 12.4 Å². The minimum Gasteiger partial charge on any atom is -0.495 e. The van der Waals surface area contributed by atoms with Crippen LogP contribution in [0.3, 0.4) is 0 Å². The van der Waals surface area contributed by atoms with E-state index in [2.05, 4.69) is 10.6 Å². The van der Waals surface area contributed by atoms with E-state index in [0.717, 1.165) is 12.0 Å². The van der Waals surface area contributed by atoms with E-state index in [1.807, 2.05) is 42.5 Å². The number of alkyl halides is 3. The van der Waals surface area contributed by atoms with E-state index in [9.17, 15) is 22.8 Å². The van der Waals surface area contributed by atoms with Gasteiger partial charge in [0.25, 0.3) is 0 Å². The van der Waals surface area contributed by atoms with Crippen molar-refractivity contribution >= 4 is 23.5 Å². The van der Waals surface area contributed by atoms with Gasteiger partial charge in [0, 0.05) is 12.1 Å². The monoisotopic (exact) mass is 495 g/mol. The smallest absolute Gasteiger partial charge is 0.490 e. The summed E-state index contributed by atoms with van der Waals surface area (Å²) < 4.78 is 37.0. The number of carboxylic acid groups (broad SMARTS) is 1. The third kappa shape index (κ3) is 11.7. The van der Waals surface area contributed by atoms with Crippen molar-refractivity contribution in [1.29, 1.82) is 0 Å². The van der Waals surface area contributed by atoms with Crippen LogP contribution >= 0.6 is 0 Å². The number of methoxy groups -OCH3 is 1. The molecule has 2 aromatic carbocycles. The lowest BCUT2D eigenvalue weighted by Crippen LogP contribution is -2.43. The van der Waals surface area contributed by atoms with Crippen LogP contribution in [0.2, 0.25) is 0 Å². The summed E-state index contributed by atoms with van der Waals surface area (Å²) in [4.78, 5) is 33.2. The maximum atomic E-state index is 12.3. The molecule has 35 heavy (non-hydrogen) atoms. The Labute approximate surface area is 201 Å². The molecular weight excluding hydrogens is 467 g/mol. The molecule has 0 aliphatic carbocycles. The largest absolute Gasteiger partial charge is 0.495 e. The summed E-state index contributed by atoms with van der Waals surface area (Å²) in [7, 11) is 1.55. The molecule has 2 aromatic rings. The molecule has 0 radical (unpaired) electrons. The lowest BCUT2D eigenvalue weighted by molar-refractivity contribution is -0.192. The van der Waals surface area contributed by atoms with Crippen LogP contribution in [0.4, 0.5) is 18.9 Å². The maximum Gasteiger partial charge on any atom is 0.490 e. The lowest BCUT2D eigenvalue weighted by atomic mass is 10.0. The Hall–Kier alpha value is -3.86. The molecule has 190 valence electrons. The number of hydrogen-bond donors (Lipinski definition) is 4. The van der Waals surface area contributed by atoms with Crippen molar-refractivity contribution in [2.24, 2.45) is 5.73 Å². The summed E-state index contributed by atoms with van der Waals surface area (Å²) in [6, 6.07) is 16.2. The van der Waals surface area contributed by atoms with Crippen LogP contribution in [0.1, 0.15) is 18.9 Å². The lowest BCUT2D eigenvalue weighted by Gasteiger charge is -2.17. The normalized spacial score (nSPS) is 12.6. The minimum absolute atomic E-state index is 0.257. The van der Waals surface area contributed by atoms with Crippen LogP contribution in [0.25, 0.3) is 0 Å². The molecule has 0 spiro atoms. The first-order chi connectivity index (χ1) is 16.4. The van der Waals surface area contributed by atoms with Gasteiger partial charge >= 0.3 is 12.1 Å². The molecule has 0 saturated carbocycles. The third-order valence-corrected chi connectivity index (χ3v) is 4.42. The van der Waals surface area contributed by atoms with Gasteiger partial charge in [-0.2, -0.15) is 13.2 Å². The van der Waals surface area contributed by atoms with Crippen LogP contribution < -0.4 is 21.1 Å². The summed E-state index contributed by atoms with van der Waals surface area (Å²) in [6.07, 6.45) is -0.554. The molecule has 5 N–H and O–H groups in total. The molecule has 0 aliphatic rings. The number of aliphatic carboxylic acids is 1. The van der Waals surface area contributed by atoms with Gasteiger partial charge in [-0.1, -0.05) is 48.5 Å². The Bertz CT molecular complexity index is 995. The number of anilines is 1. The second-order valence-electron chi connectivity index (χ2n) is 7.28. The molecule has 0 fully saturated rings. The van der Waals surface area contributed by atoms with E-state index in [-0.39, 0.29) is 17.9 Å². The van der Waals surface area contributed by atoms with E-state index in [1.54, 1.807) is 32.2 Å². The van der Waals surface area contributed by atoms with Crippen LogP contribution in [-0.4, -0.2) is 48.3 Å². The topological polar surface area (TPSA) is 131 Å².